The Morgan fingerprint density at radius 1 is 1.00 bits per heavy atom. The van der Waals surface area contributed by atoms with Crippen molar-refractivity contribution in [2.24, 2.45) is 0 Å². The van der Waals surface area contributed by atoms with Crippen molar-refractivity contribution in [1.29, 1.82) is 0 Å². The second kappa shape index (κ2) is 9.45. The molecule has 0 saturated heterocycles. The third kappa shape index (κ3) is 5.16. The maximum absolute atomic E-state index is 12.4. The Balaban J connectivity index is 1.65. The Morgan fingerprint density at radius 3 is 2.31 bits per heavy atom. The van der Waals surface area contributed by atoms with E-state index in [2.05, 4.69) is 37.1 Å². The number of anilines is 2. The Hall–Kier alpha value is -3.74. The molecule has 3 rings (SSSR count). The van der Waals surface area contributed by atoms with Gasteiger partial charge in [-0.3, -0.25) is 4.79 Å². The first-order chi connectivity index (χ1) is 14.1. The number of hydrogen-bond donors (Lipinski definition) is 1. The summed E-state index contributed by atoms with van der Waals surface area (Å²) in [5.74, 6) is -0.100. The minimum atomic E-state index is -0.430. The van der Waals surface area contributed by atoms with Gasteiger partial charge < -0.3 is 15.0 Å². The third-order valence-electron chi connectivity index (χ3n) is 4.36. The highest BCUT2D eigenvalue weighted by Gasteiger charge is 2.12. The SMILES string of the molecule is CCN(Cc1ccccc1)c1cnc(C(=O)Nc2ccc(C(=O)OC)cc2)cn1. The van der Waals surface area contributed by atoms with E-state index < -0.39 is 5.97 Å². The summed E-state index contributed by atoms with van der Waals surface area (Å²) in [6.45, 7) is 3.52. The van der Waals surface area contributed by atoms with Gasteiger partial charge in [0.1, 0.15) is 11.5 Å². The average molecular weight is 390 g/mol. The molecular weight excluding hydrogens is 368 g/mol. The van der Waals surface area contributed by atoms with Gasteiger partial charge in [-0.1, -0.05) is 30.3 Å². The zero-order valence-corrected chi connectivity index (χ0v) is 16.3. The second-order valence-corrected chi connectivity index (χ2v) is 6.28. The predicted octanol–water partition coefficient (Wildman–Crippen LogP) is 3.54. The van der Waals surface area contributed by atoms with Crippen LogP contribution in [-0.2, 0) is 11.3 Å². The molecule has 0 aliphatic rings. The number of carbonyl (C=O) groups is 2. The average Bonchev–Trinajstić information content (AvgIpc) is 2.78. The van der Waals surface area contributed by atoms with Crippen LogP contribution in [0, 0.1) is 0 Å². The molecule has 0 aliphatic carbocycles. The molecule has 7 nitrogen and oxygen atoms in total. The van der Waals surface area contributed by atoms with Crippen molar-refractivity contribution in [2.45, 2.75) is 13.5 Å². The molecule has 0 aliphatic heterocycles. The maximum atomic E-state index is 12.4. The van der Waals surface area contributed by atoms with Crippen LogP contribution in [0.3, 0.4) is 0 Å². The number of aromatic nitrogens is 2. The molecule has 3 aromatic rings. The van der Waals surface area contributed by atoms with Crippen LogP contribution >= 0.6 is 0 Å². The number of benzene rings is 2. The molecule has 148 valence electrons. The summed E-state index contributed by atoms with van der Waals surface area (Å²) in [7, 11) is 1.32. The maximum Gasteiger partial charge on any atom is 0.337 e. The van der Waals surface area contributed by atoms with Gasteiger partial charge in [0.15, 0.2) is 0 Å². The number of amides is 1. The van der Waals surface area contributed by atoms with Crippen LogP contribution in [0.5, 0.6) is 0 Å². The van der Waals surface area contributed by atoms with Gasteiger partial charge in [0.05, 0.1) is 25.1 Å². The summed E-state index contributed by atoms with van der Waals surface area (Å²) in [4.78, 5) is 34.6. The molecule has 29 heavy (non-hydrogen) atoms. The van der Waals surface area contributed by atoms with Gasteiger partial charge in [0, 0.05) is 18.8 Å². The fourth-order valence-electron chi connectivity index (χ4n) is 2.76. The minimum Gasteiger partial charge on any atom is -0.465 e. The largest absolute Gasteiger partial charge is 0.465 e. The van der Waals surface area contributed by atoms with E-state index in [9.17, 15) is 9.59 Å². The van der Waals surface area contributed by atoms with Crippen molar-refractivity contribution in [3.8, 4) is 0 Å². The molecule has 0 atom stereocenters. The number of hydrogen-bond acceptors (Lipinski definition) is 6. The van der Waals surface area contributed by atoms with E-state index in [-0.39, 0.29) is 11.6 Å². The van der Waals surface area contributed by atoms with Gasteiger partial charge in [-0.25, -0.2) is 14.8 Å². The molecule has 1 aromatic heterocycles. The van der Waals surface area contributed by atoms with E-state index >= 15 is 0 Å². The molecule has 1 amide bonds. The summed E-state index contributed by atoms with van der Waals surface area (Å²) in [6.07, 6.45) is 3.06. The highest BCUT2D eigenvalue weighted by atomic mass is 16.5. The van der Waals surface area contributed by atoms with Crippen LogP contribution in [0.2, 0.25) is 0 Å². The lowest BCUT2D eigenvalue weighted by molar-refractivity contribution is 0.0600. The Labute approximate surface area is 169 Å². The predicted molar refractivity (Wildman–Crippen MR) is 111 cm³/mol. The normalized spacial score (nSPS) is 10.3. The molecule has 0 bridgehead atoms. The van der Waals surface area contributed by atoms with Gasteiger partial charge in [-0.2, -0.15) is 0 Å². The zero-order chi connectivity index (χ0) is 20.6. The van der Waals surface area contributed by atoms with E-state index in [1.54, 1.807) is 30.5 Å². The van der Waals surface area contributed by atoms with Crippen LogP contribution in [0.25, 0.3) is 0 Å². The Bertz CT molecular complexity index is 958. The summed E-state index contributed by atoms with van der Waals surface area (Å²) in [5, 5.41) is 2.74. The topological polar surface area (TPSA) is 84.4 Å². The number of rotatable bonds is 7. The number of methoxy groups -OCH3 is 1. The zero-order valence-electron chi connectivity index (χ0n) is 16.3. The van der Waals surface area contributed by atoms with Crippen LogP contribution in [-0.4, -0.2) is 35.5 Å². The summed E-state index contributed by atoms with van der Waals surface area (Å²) in [5.41, 5.74) is 2.34. The number of esters is 1. The van der Waals surface area contributed by atoms with Gasteiger partial charge in [0.25, 0.3) is 5.91 Å². The summed E-state index contributed by atoms with van der Waals surface area (Å²) >= 11 is 0. The van der Waals surface area contributed by atoms with E-state index in [1.165, 1.54) is 18.9 Å². The number of carbonyl (C=O) groups excluding carboxylic acids is 2. The van der Waals surface area contributed by atoms with Crippen molar-refractivity contribution in [3.05, 3.63) is 83.8 Å². The second-order valence-electron chi connectivity index (χ2n) is 6.28. The van der Waals surface area contributed by atoms with Crippen molar-refractivity contribution >= 4 is 23.4 Å². The fraction of sp³-hybridized carbons (Fsp3) is 0.182. The summed E-state index contributed by atoms with van der Waals surface area (Å²) < 4.78 is 4.66. The van der Waals surface area contributed by atoms with Crippen LogP contribution in [0.4, 0.5) is 11.5 Å². The molecule has 7 heteroatoms. The molecule has 0 unspecified atom stereocenters. The van der Waals surface area contributed by atoms with Gasteiger partial charge in [0.2, 0.25) is 0 Å². The van der Waals surface area contributed by atoms with Gasteiger partial charge >= 0.3 is 5.97 Å². The van der Waals surface area contributed by atoms with Crippen molar-refractivity contribution in [3.63, 3.8) is 0 Å². The lowest BCUT2D eigenvalue weighted by Gasteiger charge is -2.21. The lowest BCUT2D eigenvalue weighted by Crippen LogP contribution is -2.24. The molecule has 1 N–H and O–H groups in total. The molecular formula is C22H22N4O3. The molecule has 2 aromatic carbocycles. The summed E-state index contributed by atoms with van der Waals surface area (Å²) in [6, 6.07) is 16.5. The first-order valence-corrected chi connectivity index (χ1v) is 9.21. The highest BCUT2D eigenvalue weighted by molar-refractivity contribution is 6.03. The van der Waals surface area contributed by atoms with Crippen LogP contribution in [0.1, 0.15) is 33.3 Å². The third-order valence-corrected chi connectivity index (χ3v) is 4.36. The molecule has 0 radical (unpaired) electrons. The van der Waals surface area contributed by atoms with Crippen LogP contribution < -0.4 is 10.2 Å². The first kappa shape index (κ1) is 20.0. The molecule has 1 heterocycles. The number of nitrogens with one attached hydrogen (secondary N) is 1. The quantitative estimate of drug-likeness (QED) is 0.621. The number of ether oxygens (including phenoxy) is 1. The van der Waals surface area contributed by atoms with Gasteiger partial charge in [-0.15, -0.1) is 0 Å². The highest BCUT2D eigenvalue weighted by Crippen LogP contribution is 2.15. The Morgan fingerprint density at radius 2 is 1.72 bits per heavy atom. The first-order valence-electron chi connectivity index (χ1n) is 9.21. The molecule has 0 spiro atoms. The number of nitrogens with zero attached hydrogens (tertiary/aromatic N) is 3. The van der Waals surface area contributed by atoms with Crippen molar-refractivity contribution < 1.29 is 14.3 Å². The standard InChI is InChI=1S/C22H22N4O3/c1-3-26(15-16-7-5-4-6-8-16)20-14-23-19(13-24-20)21(27)25-18-11-9-17(10-12-18)22(28)29-2/h4-14H,3,15H2,1-2H3,(H,25,27). The van der Waals surface area contributed by atoms with E-state index in [1.807, 2.05) is 25.1 Å². The van der Waals surface area contributed by atoms with Gasteiger partial charge in [-0.05, 0) is 36.8 Å². The van der Waals surface area contributed by atoms with Crippen molar-refractivity contribution in [1.82, 2.24) is 9.97 Å². The smallest absolute Gasteiger partial charge is 0.337 e. The minimum absolute atomic E-state index is 0.210. The monoisotopic (exact) mass is 390 g/mol. The van der Waals surface area contributed by atoms with Crippen molar-refractivity contribution in [2.75, 3.05) is 23.9 Å². The van der Waals surface area contributed by atoms with E-state index in [4.69, 9.17) is 0 Å². The molecule has 0 fully saturated rings. The molecule has 0 saturated carbocycles. The van der Waals surface area contributed by atoms with E-state index in [0.29, 0.717) is 23.6 Å². The lowest BCUT2D eigenvalue weighted by atomic mass is 10.2. The Kier molecular flexibility index (Phi) is 6.52. The van der Waals surface area contributed by atoms with Crippen LogP contribution in [0.15, 0.2) is 67.0 Å². The fourth-order valence-corrected chi connectivity index (χ4v) is 2.76. The van der Waals surface area contributed by atoms with E-state index in [0.717, 1.165) is 6.54 Å².